The van der Waals surface area contributed by atoms with Crippen LogP contribution in [0.4, 0.5) is 22.0 Å². The van der Waals surface area contributed by atoms with Crippen LogP contribution in [0.25, 0.3) is 11.3 Å². The van der Waals surface area contributed by atoms with Crippen molar-refractivity contribution in [1.29, 1.82) is 0 Å². The van der Waals surface area contributed by atoms with Crippen LogP contribution >= 0.6 is 0 Å². The fraction of sp³-hybridized carbons (Fsp3) is 0.520. The fourth-order valence-electron chi connectivity index (χ4n) is 3.88. The van der Waals surface area contributed by atoms with Crippen LogP contribution in [-0.4, -0.2) is 55.0 Å². The molecule has 0 unspecified atom stereocenters. The Morgan fingerprint density at radius 3 is 2.08 bits per heavy atom. The molecule has 1 aromatic heterocycles. The van der Waals surface area contributed by atoms with Crippen LogP contribution in [0, 0.1) is 0 Å². The van der Waals surface area contributed by atoms with Crippen LogP contribution in [0.15, 0.2) is 47.5 Å². The number of aromatic nitrogens is 1. The lowest BCUT2D eigenvalue weighted by molar-refractivity contribution is -0.284. The van der Waals surface area contributed by atoms with E-state index >= 15 is 0 Å². The Balaban J connectivity index is 1.81. The smallest absolute Gasteiger partial charge is 0.453 e. The van der Waals surface area contributed by atoms with Crippen LogP contribution in [0.2, 0.25) is 0 Å². The van der Waals surface area contributed by atoms with Gasteiger partial charge in [0.05, 0.1) is 10.6 Å². The van der Waals surface area contributed by atoms with E-state index in [4.69, 9.17) is 9.47 Å². The minimum atomic E-state index is -5.61. The molecule has 0 saturated carbocycles. The molecule has 1 saturated heterocycles. The number of esters is 1. The topological polar surface area (TPSA) is 82.6 Å². The summed E-state index contributed by atoms with van der Waals surface area (Å²) in [5.41, 5.74) is 0.243. The summed E-state index contributed by atoms with van der Waals surface area (Å²) in [6.07, 6.45) is -6.46. The highest BCUT2D eigenvalue weighted by Gasteiger charge is 2.56. The number of carbonyl (C=O) groups is 1. The maximum atomic E-state index is 13.6. The maximum absolute atomic E-state index is 13.6. The predicted molar refractivity (Wildman–Crippen MR) is 125 cm³/mol. The summed E-state index contributed by atoms with van der Waals surface area (Å²) in [5.74, 6) is -5.63. The van der Waals surface area contributed by atoms with Crippen molar-refractivity contribution in [3.05, 3.63) is 48.2 Å². The van der Waals surface area contributed by atoms with Gasteiger partial charge in [-0.25, -0.2) is 8.42 Å². The highest BCUT2D eigenvalue weighted by molar-refractivity contribution is 7.93. The van der Waals surface area contributed by atoms with E-state index in [1.165, 1.54) is 36.4 Å². The lowest BCUT2D eigenvalue weighted by Crippen LogP contribution is -2.53. The van der Waals surface area contributed by atoms with Gasteiger partial charge < -0.3 is 9.47 Å². The molecule has 2 heterocycles. The second kappa shape index (κ2) is 10.3. The second-order valence-electron chi connectivity index (χ2n) is 9.89. The van der Waals surface area contributed by atoms with E-state index in [0.29, 0.717) is 11.3 Å². The molecule has 3 rings (SSSR count). The number of rotatable bonds is 7. The van der Waals surface area contributed by atoms with E-state index in [-0.39, 0.29) is 36.5 Å². The molecule has 0 aliphatic carbocycles. The highest BCUT2D eigenvalue weighted by atomic mass is 32.2. The number of ether oxygens (including phenoxy) is 2. The zero-order valence-electron chi connectivity index (χ0n) is 20.6. The van der Waals surface area contributed by atoms with Crippen molar-refractivity contribution in [3.8, 4) is 11.3 Å². The Hall–Kier alpha value is -2.60. The summed E-state index contributed by atoms with van der Waals surface area (Å²) >= 11 is 0. The van der Waals surface area contributed by atoms with Gasteiger partial charge in [0.25, 0.3) is 0 Å². The van der Waals surface area contributed by atoms with E-state index < -0.39 is 51.1 Å². The fourth-order valence-corrected chi connectivity index (χ4v) is 5.73. The van der Waals surface area contributed by atoms with E-state index in [1.54, 1.807) is 20.8 Å². The highest BCUT2D eigenvalue weighted by Crippen LogP contribution is 2.39. The quantitative estimate of drug-likeness (QED) is 0.333. The Morgan fingerprint density at radius 1 is 1.00 bits per heavy atom. The number of carbonyl (C=O) groups excluding carboxylic acids is 1. The molecule has 0 radical (unpaired) electrons. The van der Waals surface area contributed by atoms with Crippen LogP contribution in [0.1, 0.15) is 45.6 Å². The third-order valence-corrected chi connectivity index (χ3v) is 8.49. The van der Waals surface area contributed by atoms with Crippen LogP contribution < -0.4 is 0 Å². The zero-order chi connectivity index (χ0) is 27.7. The number of halogens is 5. The number of pyridine rings is 1. The Labute approximate surface area is 212 Å². The molecular formula is C25H28F5NO5S. The molecule has 1 fully saturated rings. The van der Waals surface area contributed by atoms with Crippen LogP contribution in [-0.2, 0) is 30.5 Å². The summed E-state index contributed by atoms with van der Waals surface area (Å²) in [5, 5.41) is 0. The third-order valence-electron chi connectivity index (χ3n) is 6.02. The van der Waals surface area contributed by atoms with Gasteiger partial charge in [-0.3, -0.25) is 9.78 Å². The lowest BCUT2D eigenvalue weighted by atomic mass is 9.99. The van der Waals surface area contributed by atoms with Crippen molar-refractivity contribution in [2.24, 2.45) is 0 Å². The molecule has 0 spiro atoms. The first-order valence-electron chi connectivity index (χ1n) is 11.5. The van der Waals surface area contributed by atoms with Crippen molar-refractivity contribution >= 4 is 15.8 Å². The van der Waals surface area contributed by atoms with Crippen molar-refractivity contribution < 1.29 is 44.6 Å². The number of aryl methyl sites for hydroxylation is 1. The van der Waals surface area contributed by atoms with Gasteiger partial charge in [-0.15, -0.1) is 0 Å². The first kappa shape index (κ1) is 29.0. The first-order chi connectivity index (χ1) is 17.0. The number of alkyl halides is 5. The third kappa shape index (κ3) is 6.28. The van der Waals surface area contributed by atoms with E-state index in [2.05, 4.69) is 4.98 Å². The summed E-state index contributed by atoms with van der Waals surface area (Å²) in [4.78, 5) is 17.1. The summed E-state index contributed by atoms with van der Waals surface area (Å²) < 4.78 is 99.6. The monoisotopic (exact) mass is 549 g/mol. The van der Waals surface area contributed by atoms with E-state index in [9.17, 15) is 35.2 Å². The molecule has 2 aromatic rings. The number of sulfone groups is 1. The van der Waals surface area contributed by atoms with Crippen molar-refractivity contribution in [1.82, 2.24) is 4.98 Å². The molecule has 37 heavy (non-hydrogen) atoms. The Kier molecular flexibility index (Phi) is 8.05. The molecule has 0 bridgehead atoms. The molecule has 6 nitrogen and oxygen atoms in total. The molecule has 1 aliphatic rings. The van der Waals surface area contributed by atoms with Crippen molar-refractivity contribution in [2.45, 2.75) is 73.8 Å². The van der Waals surface area contributed by atoms with Gasteiger partial charge in [0.15, 0.2) is 14.6 Å². The lowest BCUT2D eigenvalue weighted by Gasteiger charge is -2.36. The van der Waals surface area contributed by atoms with E-state index in [0.717, 1.165) is 6.20 Å². The number of hydrogen-bond donors (Lipinski definition) is 0. The molecule has 0 N–H and O–H groups in total. The summed E-state index contributed by atoms with van der Waals surface area (Å²) in [6.45, 7) is 5.09. The van der Waals surface area contributed by atoms with Crippen molar-refractivity contribution in [2.75, 3.05) is 13.2 Å². The Morgan fingerprint density at radius 2 is 1.59 bits per heavy atom. The SMILES string of the molecule is CC(C)(C)OC(=O)C1(S(=O)(=O)c2ccc(-c3ccc(CCC(F)(F)C(F)(F)F)cc3)nc2)CCOCC1. The average molecular weight is 550 g/mol. The average Bonchev–Trinajstić information content (AvgIpc) is 2.82. The van der Waals surface area contributed by atoms with Crippen LogP contribution in [0.5, 0.6) is 0 Å². The first-order valence-corrected chi connectivity index (χ1v) is 13.0. The standard InChI is InChI=1S/C25H28F5NO5S/c1-22(2,3)36-21(32)23(12-14-35-15-13-23)37(33,34)19-8-9-20(31-16-19)18-6-4-17(5-7-18)10-11-24(26,27)25(28,29)30/h4-9,16H,10-15H2,1-3H3. The van der Waals surface area contributed by atoms with E-state index in [1.807, 2.05) is 0 Å². The predicted octanol–water partition coefficient (Wildman–Crippen LogP) is 5.54. The van der Waals surface area contributed by atoms with Crippen molar-refractivity contribution in [3.63, 3.8) is 0 Å². The molecule has 1 aliphatic heterocycles. The van der Waals surface area contributed by atoms with Gasteiger partial charge in [0.2, 0.25) is 0 Å². The molecule has 0 atom stereocenters. The van der Waals surface area contributed by atoms with Gasteiger partial charge in [0, 0.05) is 44.2 Å². The molecule has 204 valence electrons. The minimum Gasteiger partial charge on any atom is -0.459 e. The van der Waals surface area contributed by atoms with Crippen LogP contribution in [0.3, 0.4) is 0 Å². The van der Waals surface area contributed by atoms with Gasteiger partial charge in [-0.1, -0.05) is 24.3 Å². The van der Waals surface area contributed by atoms with Gasteiger partial charge in [-0.2, -0.15) is 22.0 Å². The maximum Gasteiger partial charge on any atom is 0.453 e. The van der Waals surface area contributed by atoms with Gasteiger partial charge >= 0.3 is 18.1 Å². The molecular weight excluding hydrogens is 521 g/mol. The largest absolute Gasteiger partial charge is 0.459 e. The minimum absolute atomic E-state index is 0.0686. The second-order valence-corrected chi connectivity index (χ2v) is 12.2. The zero-order valence-corrected chi connectivity index (χ0v) is 21.4. The number of nitrogens with zero attached hydrogens (tertiary/aromatic N) is 1. The Bertz CT molecular complexity index is 1200. The normalized spacial score (nSPS) is 16.9. The molecule has 12 heteroatoms. The number of benzene rings is 1. The van der Waals surface area contributed by atoms with Gasteiger partial charge in [-0.05, 0) is 44.9 Å². The summed E-state index contributed by atoms with van der Waals surface area (Å²) in [6, 6.07) is 8.57. The molecule has 0 amide bonds. The summed E-state index contributed by atoms with van der Waals surface area (Å²) in [7, 11) is -4.21. The van der Waals surface area contributed by atoms with Gasteiger partial charge in [0.1, 0.15) is 5.60 Å². The molecule has 1 aromatic carbocycles. The number of hydrogen-bond acceptors (Lipinski definition) is 6.